The number of aromatic nitrogens is 2. The number of hydrogen-bond donors (Lipinski definition) is 0. The van der Waals surface area contributed by atoms with Crippen molar-refractivity contribution in [3.63, 3.8) is 0 Å². The molecule has 7 nitrogen and oxygen atoms in total. The summed E-state index contributed by atoms with van der Waals surface area (Å²) in [7, 11) is 1.26. The maximum Gasteiger partial charge on any atom is 0.341 e. The molecule has 0 N–H and O–H groups in total. The van der Waals surface area contributed by atoms with E-state index >= 15 is 0 Å². The minimum Gasteiger partial charge on any atom is -0.760 e. The van der Waals surface area contributed by atoms with E-state index in [1.165, 1.54) is 23.8 Å². The lowest BCUT2D eigenvalue weighted by atomic mass is 10.2. The topological polar surface area (TPSA) is 95.5 Å². The average Bonchev–Trinajstić information content (AvgIpc) is 2.55. The summed E-state index contributed by atoms with van der Waals surface area (Å²) in [5.74, 6) is -0.243. The van der Waals surface area contributed by atoms with Crippen LogP contribution in [0.1, 0.15) is 21.7 Å². The summed E-state index contributed by atoms with van der Waals surface area (Å²) in [6.07, 6.45) is 2.62. The van der Waals surface area contributed by atoms with Crippen LogP contribution in [-0.2, 0) is 29.1 Å². The van der Waals surface area contributed by atoms with E-state index in [4.69, 9.17) is 0 Å². The van der Waals surface area contributed by atoms with Gasteiger partial charge < -0.3 is 9.29 Å². The minimum absolute atomic E-state index is 0.0203. The number of ether oxygens (including phenoxy) is 1. The summed E-state index contributed by atoms with van der Waals surface area (Å²) < 4.78 is 28.4. The van der Waals surface area contributed by atoms with Crippen LogP contribution in [0.25, 0.3) is 0 Å². The zero-order valence-corrected chi connectivity index (χ0v) is 12.7. The smallest absolute Gasteiger partial charge is 0.341 e. The van der Waals surface area contributed by atoms with Crippen LogP contribution < -0.4 is 0 Å². The molecule has 116 valence electrons. The van der Waals surface area contributed by atoms with Gasteiger partial charge >= 0.3 is 5.97 Å². The summed E-state index contributed by atoms with van der Waals surface area (Å²) in [5.41, 5.74) is 1.07. The number of rotatable bonds is 6. The molecule has 0 amide bonds. The van der Waals surface area contributed by atoms with Gasteiger partial charge in [0, 0.05) is 30.2 Å². The quantitative estimate of drug-likeness (QED) is 0.583. The molecule has 0 bridgehead atoms. The molecule has 0 spiro atoms. The molecule has 0 radical (unpaired) electrons. The average molecular weight is 320 g/mol. The van der Waals surface area contributed by atoms with E-state index in [1.807, 2.05) is 30.3 Å². The van der Waals surface area contributed by atoms with Gasteiger partial charge in [-0.1, -0.05) is 30.3 Å². The van der Waals surface area contributed by atoms with Crippen molar-refractivity contribution < 1.29 is 18.3 Å². The predicted octanol–water partition coefficient (Wildman–Crippen LogP) is 1.06. The van der Waals surface area contributed by atoms with Crippen molar-refractivity contribution in [2.75, 3.05) is 7.11 Å². The minimum atomic E-state index is -2.41. The monoisotopic (exact) mass is 320 g/mol. The third-order valence-corrected chi connectivity index (χ3v) is 3.54. The van der Waals surface area contributed by atoms with Crippen LogP contribution in [-0.4, -0.2) is 36.1 Å². The normalized spacial score (nSPS) is 12.1. The number of carbonyl (C=O) groups excluding carboxylic acids is 1. The van der Waals surface area contributed by atoms with Crippen LogP contribution in [0.2, 0.25) is 0 Å². The highest BCUT2D eigenvalue weighted by molar-refractivity contribution is 7.76. The Kier molecular flexibility index (Phi) is 5.70. The Morgan fingerprint density at radius 2 is 1.86 bits per heavy atom. The Hall–Kier alpha value is -2.16. The van der Waals surface area contributed by atoms with Gasteiger partial charge in [0.1, 0.15) is 5.82 Å². The van der Waals surface area contributed by atoms with Gasteiger partial charge in [0.2, 0.25) is 0 Å². The van der Waals surface area contributed by atoms with Gasteiger partial charge in [-0.3, -0.25) is 4.21 Å². The number of benzene rings is 1. The van der Waals surface area contributed by atoms with Crippen LogP contribution >= 0.6 is 0 Å². The predicted molar refractivity (Wildman–Crippen MR) is 78.0 cm³/mol. The van der Waals surface area contributed by atoms with Gasteiger partial charge in [-0.2, -0.15) is 0 Å². The van der Waals surface area contributed by atoms with Crippen molar-refractivity contribution >= 4 is 17.2 Å². The second-order valence-electron chi connectivity index (χ2n) is 4.38. The largest absolute Gasteiger partial charge is 0.760 e. The van der Waals surface area contributed by atoms with Crippen LogP contribution in [0, 0.1) is 0 Å². The molecule has 1 heterocycles. The third kappa shape index (κ3) is 4.42. The Morgan fingerprint density at radius 1 is 1.23 bits per heavy atom. The van der Waals surface area contributed by atoms with Gasteiger partial charge in [-0.25, -0.2) is 19.1 Å². The lowest BCUT2D eigenvalue weighted by Crippen LogP contribution is -2.26. The van der Waals surface area contributed by atoms with Crippen molar-refractivity contribution in [1.82, 2.24) is 14.3 Å². The van der Waals surface area contributed by atoms with Crippen molar-refractivity contribution in [2.24, 2.45) is 0 Å². The summed E-state index contributed by atoms with van der Waals surface area (Å²) in [6.45, 7) is 0.242. The molecule has 0 aliphatic heterocycles. The molecule has 0 saturated heterocycles. The maximum atomic E-state index is 11.3. The van der Waals surface area contributed by atoms with Gasteiger partial charge in [0.05, 0.1) is 19.2 Å². The maximum absolute atomic E-state index is 11.3. The van der Waals surface area contributed by atoms with E-state index < -0.39 is 17.2 Å². The highest BCUT2D eigenvalue weighted by Crippen LogP contribution is 2.09. The number of esters is 1. The molecule has 1 aromatic heterocycles. The molecule has 2 aromatic rings. The first-order valence-electron chi connectivity index (χ1n) is 6.37. The second kappa shape index (κ2) is 7.74. The summed E-state index contributed by atoms with van der Waals surface area (Å²) in [5, 5.41) is 0. The van der Waals surface area contributed by atoms with Crippen LogP contribution in [0.15, 0.2) is 42.7 Å². The number of nitrogens with zero attached hydrogens (tertiary/aromatic N) is 3. The molecule has 0 saturated carbocycles. The van der Waals surface area contributed by atoms with E-state index in [-0.39, 0.29) is 18.7 Å². The molecule has 1 unspecified atom stereocenters. The van der Waals surface area contributed by atoms with E-state index in [0.29, 0.717) is 5.82 Å². The molecule has 1 aromatic carbocycles. The summed E-state index contributed by atoms with van der Waals surface area (Å²) in [4.78, 5) is 19.3. The Balaban J connectivity index is 2.08. The SMILES string of the molecule is COC(=O)c1cnc(CN(Cc2ccccc2)S(=O)[O-])nc1. The van der Waals surface area contributed by atoms with Crippen LogP contribution in [0.4, 0.5) is 0 Å². The van der Waals surface area contributed by atoms with Crippen molar-refractivity contribution in [1.29, 1.82) is 0 Å². The molecule has 0 fully saturated rings. The standard InChI is InChI=1S/C14H15N3O4S/c1-21-14(18)12-7-15-13(16-8-12)10-17(22(19)20)9-11-5-3-2-4-6-11/h2-8H,9-10H2,1H3,(H,19,20)/p-1. The molecular formula is C14H14N3O4S-. The summed E-state index contributed by atoms with van der Waals surface area (Å²) >= 11 is -2.41. The first-order valence-corrected chi connectivity index (χ1v) is 7.41. The van der Waals surface area contributed by atoms with E-state index in [2.05, 4.69) is 14.7 Å². The number of carbonyl (C=O) groups is 1. The fourth-order valence-corrected chi connectivity index (χ4v) is 2.24. The van der Waals surface area contributed by atoms with Crippen molar-refractivity contribution in [3.8, 4) is 0 Å². The van der Waals surface area contributed by atoms with E-state index in [1.54, 1.807) is 0 Å². The first kappa shape index (κ1) is 16.2. The first-order chi connectivity index (χ1) is 10.6. The zero-order valence-electron chi connectivity index (χ0n) is 11.8. The van der Waals surface area contributed by atoms with Gasteiger partial charge in [-0.15, -0.1) is 0 Å². The third-order valence-electron chi connectivity index (χ3n) is 2.86. The number of hydrogen-bond acceptors (Lipinski definition) is 6. The zero-order chi connectivity index (χ0) is 15.9. The summed E-state index contributed by atoms with van der Waals surface area (Å²) in [6, 6.07) is 9.20. The fourth-order valence-electron chi connectivity index (χ4n) is 1.77. The van der Waals surface area contributed by atoms with Gasteiger partial charge in [0.25, 0.3) is 0 Å². The van der Waals surface area contributed by atoms with Crippen molar-refractivity contribution in [3.05, 3.63) is 59.7 Å². The van der Waals surface area contributed by atoms with E-state index in [9.17, 15) is 13.6 Å². The Bertz CT molecular complexity index is 649. The molecule has 0 aliphatic carbocycles. The lowest BCUT2D eigenvalue weighted by molar-refractivity contribution is 0.0599. The highest BCUT2D eigenvalue weighted by Gasteiger charge is 2.11. The fraction of sp³-hybridized carbons (Fsp3) is 0.214. The van der Waals surface area contributed by atoms with Crippen LogP contribution in [0.3, 0.4) is 0 Å². The molecule has 8 heteroatoms. The molecule has 2 rings (SSSR count). The Labute approximate surface area is 130 Å². The van der Waals surface area contributed by atoms with Gasteiger partial charge in [0.15, 0.2) is 0 Å². The molecule has 0 aliphatic rings. The molecule has 22 heavy (non-hydrogen) atoms. The van der Waals surface area contributed by atoms with E-state index in [0.717, 1.165) is 5.56 Å². The van der Waals surface area contributed by atoms with Crippen molar-refractivity contribution in [2.45, 2.75) is 13.1 Å². The number of methoxy groups -OCH3 is 1. The lowest BCUT2D eigenvalue weighted by Gasteiger charge is -2.23. The second-order valence-corrected chi connectivity index (χ2v) is 5.33. The highest BCUT2D eigenvalue weighted by atomic mass is 32.2. The molecule has 1 atom stereocenters. The van der Waals surface area contributed by atoms with Gasteiger partial charge in [-0.05, 0) is 5.56 Å². The Morgan fingerprint density at radius 3 is 2.41 bits per heavy atom. The molecular weight excluding hydrogens is 306 g/mol. The van der Waals surface area contributed by atoms with Crippen LogP contribution in [0.5, 0.6) is 0 Å².